The second-order valence-electron chi connectivity index (χ2n) is 6.53. The van der Waals surface area contributed by atoms with Crippen LogP contribution in [0.25, 0.3) is 0 Å². The van der Waals surface area contributed by atoms with Gasteiger partial charge in [0.1, 0.15) is 11.5 Å². The van der Waals surface area contributed by atoms with Crippen LogP contribution in [-0.2, 0) is 25.8 Å². The summed E-state index contributed by atoms with van der Waals surface area (Å²) in [6, 6.07) is 12.0. The molecule has 3 heterocycles. The van der Waals surface area contributed by atoms with Crippen molar-refractivity contribution in [2.75, 3.05) is 6.54 Å². The van der Waals surface area contributed by atoms with Crippen molar-refractivity contribution in [3.63, 3.8) is 0 Å². The second kappa shape index (κ2) is 7.07. The van der Waals surface area contributed by atoms with Gasteiger partial charge in [0.25, 0.3) is 5.91 Å². The minimum atomic E-state index is -0.0502. The maximum absolute atomic E-state index is 12.8. The van der Waals surface area contributed by atoms with Gasteiger partial charge < -0.3 is 4.90 Å². The molecule has 1 aromatic carbocycles. The lowest BCUT2D eigenvalue weighted by Gasteiger charge is -2.27. The van der Waals surface area contributed by atoms with Crippen LogP contribution in [0.2, 0.25) is 0 Å². The summed E-state index contributed by atoms with van der Waals surface area (Å²) in [5.74, 6) is 0.812. The van der Waals surface area contributed by atoms with E-state index < -0.39 is 0 Å². The van der Waals surface area contributed by atoms with Gasteiger partial charge in [-0.2, -0.15) is 5.10 Å². The van der Waals surface area contributed by atoms with Crippen LogP contribution < -0.4 is 0 Å². The first-order valence-corrected chi connectivity index (χ1v) is 8.94. The molecular weight excluding hydrogens is 326 g/mol. The topological polar surface area (TPSA) is 74.8 Å². The molecule has 3 aromatic rings. The van der Waals surface area contributed by atoms with Crippen molar-refractivity contribution in [2.24, 2.45) is 0 Å². The van der Waals surface area contributed by atoms with Gasteiger partial charge in [-0.1, -0.05) is 37.3 Å². The molecule has 0 saturated carbocycles. The number of nitrogens with zero attached hydrogens (tertiary/aromatic N) is 4. The lowest BCUT2D eigenvalue weighted by Crippen LogP contribution is -2.36. The monoisotopic (exact) mass is 347 g/mol. The Bertz CT molecular complexity index is 919. The van der Waals surface area contributed by atoms with E-state index in [1.165, 1.54) is 5.56 Å². The van der Waals surface area contributed by atoms with Gasteiger partial charge in [-0.3, -0.25) is 9.89 Å². The summed E-state index contributed by atoms with van der Waals surface area (Å²) in [4.78, 5) is 23.6. The highest BCUT2D eigenvalue weighted by Crippen LogP contribution is 2.19. The lowest BCUT2D eigenvalue weighted by atomic mass is 10.1. The Labute approximate surface area is 152 Å². The van der Waals surface area contributed by atoms with Crippen LogP contribution in [0.3, 0.4) is 0 Å². The Morgan fingerprint density at radius 2 is 2.12 bits per heavy atom. The fourth-order valence-corrected chi connectivity index (χ4v) is 3.24. The Hall–Kier alpha value is -3.02. The SMILES string of the molecule is CCc1ncc2c(n1)CCN(C(=O)c1cc(Cc3ccccc3)[nH]n1)C2. The summed E-state index contributed by atoms with van der Waals surface area (Å²) in [5, 5.41) is 7.21. The number of aryl methyl sites for hydroxylation is 1. The average Bonchev–Trinajstić information content (AvgIpc) is 3.15. The predicted octanol–water partition coefficient (Wildman–Crippen LogP) is 2.55. The quantitative estimate of drug-likeness (QED) is 0.787. The van der Waals surface area contributed by atoms with Crippen molar-refractivity contribution in [1.29, 1.82) is 0 Å². The van der Waals surface area contributed by atoms with Crippen molar-refractivity contribution >= 4 is 5.91 Å². The fourth-order valence-electron chi connectivity index (χ4n) is 3.24. The number of hydrogen-bond donors (Lipinski definition) is 1. The maximum Gasteiger partial charge on any atom is 0.274 e. The van der Waals surface area contributed by atoms with Gasteiger partial charge in [0, 0.05) is 49.8 Å². The molecule has 1 N–H and O–H groups in total. The third-order valence-corrected chi connectivity index (χ3v) is 4.67. The molecule has 6 nitrogen and oxygen atoms in total. The van der Waals surface area contributed by atoms with Crippen LogP contribution >= 0.6 is 0 Å². The first-order valence-electron chi connectivity index (χ1n) is 8.94. The van der Waals surface area contributed by atoms with E-state index >= 15 is 0 Å². The van der Waals surface area contributed by atoms with Gasteiger partial charge >= 0.3 is 0 Å². The van der Waals surface area contributed by atoms with E-state index in [2.05, 4.69) is 32.3 Å². The summed E-state index contributed by atoms with van der Waals surface area (Å²) in [6.07, 6.45) is 4.18. The Morgan fingerprint density at radius 1 is 1.27 bits per heavy atom. The first kappa shape index (κ1) is 16.4. The molecule has 1 amide bonds. The van der Waals surface area contributed by atoms with Crippen molar-refractivity contribution in [2.45, 2.75) is 32.7 Å². The number of nitrogens with one attached hydrogen (secondary N) is 1. The number of amides is 1. The van der Waals surface area contributed by atoms with Crippen LogP contribution in [0.4, 0.5) is 0 Å². The number of hydrogen-bond acceptors (Lipinski definition) is 4. The van der Waals surface area contributed by atoms with Crippen molar-refractivity contribution < 1.29 is 4.79 Å². The van der Waals surface area contributed by atoms with Gasteiger partial charge in [0.15, 0.2) is 0 Å². The third kappa shape index (κ3) is 3.35. The van der Waals surface area contributed by atoms with Crippen LogP contribution in [-0.4, -0.2) is 37.5 Å². The molecule has 4 rings (SSSR count). The number of H-pyrrole nitrogens is 1. The van der Waals surface area contributed by atoms with E-state index in [1.807, 2.05) is 42.3 Å². The van der Waals surface area contributed by atoms with E-state index in [0.29, 0.717) is 18.8 Å². The van der Waals surface area contributed by atoms with Gasteiger partial charge in [-0.25, -0.2) is 9.97 Å². The molecule has 0 aliphatic carbocycles. The zero-order chi connectivity index (χ0) is 17.9. The van der Waals surface area contributed by atoms with Crippen molar-refractivity contribution in [3.05, 3.63) is 76.6 Å². The number of carbonyl (C=O) groups excluding carboxylic acids is 1. The summed E-state index contributed by atoms with van der Waals surface area (Å²) in [5.41, 5.74) is 4.68. The third-order valence-electron chi connectivity index (χ3n) is 4.67. The highest BCUT2D eigenvalue weighted by atomic mass is 16.2. The summed E-state index contributed by atoms with van der Waals surface area (Å²) < 4.78 is 0. The fraction of sp³-hybridized carbons (Fsp3) is 0.300. The molecule has 0 radical (unpaired) electrons. The van der Waals surface area contributed by atoms with Crippen LogP contribution in [0.1, 0.15) is 45.8 Å². The number of aromatic amines is 1. The van der Waals surface area contributed by atoms with E-state index in [1.54, 1.807) is 0 Å². The largest absolute Gasteiger partial charge is 0.332 e. The Morgan fingerprint density at radius 3 is 2.92 bits per heavy atom. The van der Waals surface area contributed by atoms with Crippen LogP contribution in [0.15, 0.2) is 42.6 Å². The second-order valence-corrected chi connectivity index (χ2v) is 6.53. The summed E-state index contributed by atoms with van der Waals surface area (Å²) in [7, 11) is 0. The standard InChI is InChI=1S/C20H21N5O/c1-2-19-21-12-15-13-25(9-8-17(15)22-19)20(26)18-11-16(23-24-18)10-14-6-4-3-5-7-14/h3-7,11-12H,2,8-10,13H2,1H3,(H,23,24). The number of aromatic nitrogens is 4. The van der Waals surface area contributed by atoms with E-state index in [0.717, 1.165) is 42.0 Å². The van der Waals surface area contributed by atoms with Gasteiger partial charge in [-0.05, 0) is 11.6 Å². The molecule has 1 aliphatic rings. The van der Waals surface area contributed by atoms with Crippen LogP contribution in [0, 0.1) is 0 Å². The van der Waals surface area contributed by atoms with E-state index in [9.17, 15) is 4.79 Å². The van der Waals surface area contributed by atoms with E-state index in [4.69, 9.17) is 0 Å². The normalized spacial score (nSPS) is 13.5. The van der Waals surface area contributed by atoms with Crippen molar-refractivity contribution in [1.82, 2.24) is 25.1 Å². The number of benzene rings is 1. The zero-order valence-corrected chi connectivity index (χ0v) is 14.8. The average molecular weight is 347 g/mol. The molecule has 6 heteroatoms. The van der Waals surface area contributed by atoms with Gasteiger partial charge in [-0.15, -0.1) is 0 Å². The molecule has 132 valence electrons. The van der Waals surface area contributed by atoms with E-state index in [-0.39, 0.29) is 5.91 Å². The molecule has 0 fully saturated rings. The minimum absolute atomic E-state index is 0.0502. The molecule has 1 aliphatic heterocycles. The number of fused-ring (bicyclic) bond motifs is 1. The lowest BCUT2D eigenvalue weighted by molar-refractivity contribution is 0.0727. The Balaban J connectivity index is 1.46. The molecule has 26 heavy (non-hydrogen) atoms. The molecule has 0 atom stereocenters. The van der Waals surface area contributed by atoms with Gasteiger partial charge in [0.05, 0.1) is 5.69 Å². The molecule has 0 spiro atoms. The molecule has 0 saturated heterocycles. The van der Waals surface area contributed by atoms with Crippen LogP contribution in [0.5, 0.6) is 0 Å². The maximum atomic E-state index is 12.8. The molecular formula is C20H21N5O. The molecule has 0 bridgehead atoms. The first-order chi connectivity index (χ1) is 12.7. The highest BCUT2D eigenvalue weighted by molar-refractivity contribution is 5.92. The zero-order valence-electron chi connectivity index (χ0n) is 14.8. The predicted molar refractivity (Wildman–Crippen MR) is 97.7 cm³/mol. The molecule has 2 aromatic heterocycles. The van der Waals surface area contributed by atoms with Gasteiger partial charge in [0.2, 0.25) is 0 Å². The highest BCUT2D eigenvalue weighted by Gasteiger charge is 2.24. The van der Waals surface area contributed by atoms with Crippen molar-refractivity contribution in [3.8, 4) is 0 Å². The number of carbonyl (C=O) groups is 1. The number of rotatable bonds is 4. The smallest absolute Gasteiger partial charge is 0.274 e. The minimum Gasteiger partial charge on any atom is -0.332 e. The Kier molecular flexibility index (Phi) is 4.48. The molecule has 0 unspecified atom stereocenters. The summed E-state index contributed by atoms with van der Waals surface area (Å²) in [6.45, 7) is 3.25. The summed E-state index contributed by atoms with van der Waals surface area (Å²) >= 11 is 0.